The summed E-state index contributed by atoms with van der Waals surface area (Å²) in [5, 5.41) is 2.59. The SMILES string of the molecule is C1=NCCCCCN=CC2=CC=C(C2)c2cccc3c2[nH]c2c(cccc23)C2=CC=C1C2. The number of aliphatic imine (C=N–C) groups is 2. The summed E-state index contributed by atoms with van der Waals surface area (Å²) in [6, 6.07) is 13.3. The third-order valence-corrected chi connectivity index (χ3v) is 6.74. The molecule has 1 aliphatic heterocycles. The quantitative estimate of drug-likeness (QED) is 0.406. The molecule has 1 N–H and O–H groups in total. The maximum atomic E-state index is 4.68. The zero-order chi connectivity index (χ0) is 21.3. The number of H-pyrrole nitrogens is 1. The van der Waals surface area contributed by atoms with Gasteiger partial charge < -0.3 is 4.98 Å². The molecular formula is C29H27N3. The van der Waals surface area contributed by atoms with Crippen molar-refractivity contribution >= 4 is 45.4 Å². The molecule has 3 aliphatic rings. The molecule has 0 radical (unpaired) electrons. The van der Waals surface area contributed by atoms with Crippen LogP contribution in [0, 0.1) is 0 Å². The highest BCUT2D eigenvalue weighted by molar-refractivity contribution is 6.13. The van der Waals surface area contributed by atoms with Crippen LogP contribution in [0.3, 0.4) is 0 Å². The number of hydrogen-bond donors (Lipinski definition) is 1. The molecule has 158 valence electrons. The summed E-state index contributed by atoms with van der Waals surface area (Å²) in [6.07, 6.45) is 18.4. The van der Waals surface area contributed by atoms with E-state index in [1.165, 1.54) is 61.6 Å². The maximum absolute atomic E-state index is 4.68. The second-order valence-electron chi connectivity index (χ2n) is 8.93. The number of aromatic nitrogens is 1. The summed E-state index contributed by atoms with van der Waals surface area (Å²) in [4.78, 5) is 13.2. The van der Waals surface area contributed by atoms with Gasteiger partial charge in [-0.1, -0.05) is 60.7 Å². The average molecular weight is 418 g/mol. The number of rotatable bonds is 0. The van der Waals surface area contributed by atoms with Crippen molar-refractivity contribution in [3.05, 3.63) is 83.0 Å². The van der Waals surface area contributed by atoms with Gasteiger partial charge in [-0.05, 0) is 54.4 Å². The lowest BCUT2D eigenvalue weighted by molar-refractivity contribution is 0.698. The molecular weight excluding hydrogens is 390 g/mol. The van der Waals surface area contributed by atoms with E-state index < -0.39 is 0 Å². The van der Waals surface area contributed by atoms with Crippen LogP contribution >= 0.6 is 0 Å². The van der Waals surface area contributed by atoms with Crippen LogP contribution in [0.4, 0.5) is 0 Å². The molecule has 6 rings (SSSR count). The van der Waals surface area contributed by atoms with E-state index in [2.05, 4.69) is 88.1 Å². The van der Waals surface area contributed by atoms with E-state index in [9.17, 15) is 0 Å². The van der Waals surface area contributed by atoms with Crippen molar-refractivity contribution in [2.24, 2.45) is 9.98 Å². The molecule has 2 aliphatic carbocycles. The molecule has 6 bridgehead atoms. The van der Waals surface area contributed by atoms with E-state index in [-0.39, 0.29) is 0 Å². The number of benzene rings is 2. The van der Waals surface area contributed by atoms with Crippen LogP contribution in [0.15, 0.2) is 81.8 Å². The van der Waals surface area contributed by atoms with Gasteiger partial charge in [-0.15, -0.1) is 0 Å². The number of para-hydroxylation sites is 2. The second-order valence-corrected chi connectivity index (χ2v) is 8.93. The minimum Gasteiger partial charge on any atom is -0.354 e. The van der Waals surface area contributed by atoms with E-state index in [0.29, 0.717) is 0 Å². The third-order valence-electron chi connectivity index (χ3n) is 6.74. The van der Waals surface area contributed by atoms with Gasteiger partial charge in [0.25, 0.3) is 0 Å². The monoisotopic (exact) mass is 417 g/mol. The zero-order valence-electron chi connectivity index (χ0n) is 18.3. The zero-order valence-corrected chi connectivity index (χ0v) is 18.3. The summed E-state index contributed by atoms with van der Waals surface area (Å²) in [6.45, 7) is 1.80. The van der Waals surface area contributed by atoms with Crippen LogP contribution in [0.5, 0.6) is 0 Å². The molecule has 3 nitrogen and oxygen atoms in total. The Hall–Kier alpha value is -3.46. The molecule has 0 saturated heterocycles. The Morgan fingerprint density at radius 2 is 1.12 bits per heavy atom. The summed E-state index contributed by atoms with van der Waals surface area (Å²) in [5.74, 6) is 0. The lowest BCUT2D eigenvalue weighted by Crippen LogP contribution is -1.91. The van der Waals surface area contributed by atoms with Crippen LogP contribution in [0.25, 0.3) is 33.0 Å². The van der Waals surface area contributed by atoms with Gasteiger partial charge in [-0.2, -0.15) is 0 Å². The standard InChI is InChI=1S/C29H27N3/c1-2-14-30-18-20-10-12-22(16-20)24-6-4-8-26-27-9-5-7-25(29(27)32-28(24)26)23-13-11-21(17-23)19-31-15-3-1/h4-13,18-19,32H,1-3,14-17H2. The fraction of sp³-hybridized carbons (Fsp3) is 0.241. The first-order valence-corrected chi connectivity index (χ1v) is 11.7. The van der Waals surface area contributed by atoms with Crippen molar-refractivity contribution in [1.82, 2.24) is 4.98 Å². The minimum atomic E-state index is 0.898. The molecule has 1 aromatic heterocycles. The average Bonchev–Trinajstić information content (AvgIpc) is 3.55. The highest BCUT2D eigenvalue weighted by atomic mass is 14.7. The molecule has 3 aromatic rings. The number of fused-ring (bicyclic) bond motifs is 7. The predicted octanol–water partition coefficient (Wildman–Crippen LogP) is 7.07. The number of aromatic amines is 1. The van der Waals surface area contributed by atoms with E-state index in [1.54, 1.807) is 0 Å². The van der Waals surface area contributed by atoms with Gasteiger partial charge in [0.2, 0.25) is 0 Å². The summed E-state index contributed by atoms with van der Waals surface area (Å²) < 4.78 is 0. The molecule has 3 heteroatoms. The van der Waals surface area contributed by atoms with Crippen LogP contribution in [-0.2, 0) is 0 Å². The Morgan fingerprint density at radius 1 is 0.594 bits per heavy atom. The van der Waals surface area contributed by atoms with Gasteiger partial charge in [0.15, 0.2) is 0 Å². The van der Waals surface area contributed by atoms with Crippen molar-refractivity contribution in [1.29, 1.82) is 0 Å². The summed E-state index contributed by atoms with van der Waals surface area (Å²) in [7, 11) is 0. The van der Waals surface area contributed by atoms with Crippen molar-refractivity contribution in [3.8, 4) is 0 Å². The van der Waals surface area contributed by atoms with Crippen LogP contribution in [0.2, 0.25) is 0 Å². The molecule has 0 atom stereocenters. The van der Waals surface area contributed by atoms with Crippen molar-refractivity contribution in [3.63, 3.8) is 0 Å². The lowest BCUT2D eigenvalue weighted by Gasteiger charge is -2.06. The largest absolute Gasteiger partial charge is 0.354 e. The van der Waals surface area contributed by atoms with E-state index in [4.69, 9.17) is 0 Å². The third kappa shape index (κ3) is 3.48. The topological polar surface area (TPSA) is 40.5 Å². The first kappa shape index (κ1) is 19.2. The number of nitrogens with zero attached hydrogens (tertiary/aromatic N) is 2. The predicted molar refractivity (Wildman–Crippen MR) is 138 cm³/mol. The molecule has 0 unspecified atom stereocenters. The Morgan fingerprint density at radius 3 is 1.66 bits per heavy atom. The Balaban J connectivity index is 1.44. The fourth-order valence-electron chi connectivity index (χ4n) is 5.07. The Labute approximate surface area is 188 Å². The number of hydrogen-bond acceptors (Lipinski definition) is 2. The fourth-order valence-corrected chi connectivity index (χ4v) is 5.07. The van der Waals surface area contributed by atoms with Gasteiger partial charge in [0.05, 0.1) is 11.0 Å². The van der Waals surface area contributed by atoms with Gasteiger partial charge in [-0.3, -0.25) is 9.98 Å². The van der Waals surface area contributed by atoms with Crippen LogP contribution < -0.4 is 0 Å². The summed E-state index contributed by atoms with van der Waals surface area (Å²) in [5.41, 5.74) is 10.4. The minimum absolute atomic E-state index is 0.898. The molecule has 0 fully saturated rings. The van der Waals surface area contributed by atoms with Crippen LogP contribution in [-0.4, -0.2) is 30.5 Å². The van der Waals surface area contributed by atoms with E-state index in [0.717, 1.165) is 38.8 Å². The van der Waals surface area contributed by atoms with E-state index >= 15 is 0 Å². The number of allylic oxidation sites excluding steroid dienone is 8. The highest BCUT2D eigenvalue weighted by Gasteiger charge is 2.18. The maximum Gasteiger partial charge on any atom is 0.0541 e. The number of nitrogens with one attached hydrogen (secondary N) is 1. The van der Waals surface area contributed by atoms with Gasteiger partial charge >= 0.3 is 0 Å². The van der Waals surface area contributed by atoms with Gasteiger partial charge in [0.1, 0.15) is 0 Å². The molecule has 0 amide bonds. The molecule has 2 aromatic carbocycles. The van der Waals surface area contributed by atoms with Crippen LogP contribution in [0.1, 0.15) is 43.2 Å². The Bertz CT molecular complexity index is 1280. The van der Waals surface area contributed by atoms with E-state index in [1.807, 2.05) is 0 Å². The molecule has 32 heavy (non-hydrogen) atoms. The Kier molecular flexibility index (Phi) is 4.95. The van der Waals surface area contributed by atoms with Crippen molar-refractivity contribution in [2.75, 3.05) is 13.1 Å². The lowest BCUT2D eigenvalue weighted by atomic mass is 9.98. The van der Waals surface area contributed by atoms with Gasteiger partial charge in [-0.25, -0.2) is 0 Å². The normalized spacial score (nSPS) is 18.9. The summed E-state index contributed by atoms with van der Waals surface area (Å²) >= 11 is 0. The van der Waals surface area contributed by atoms with Crippen molar-refractivity contribution < 1.29 is 0 Å². The van der Waals surface area contributed by atoms with Gasteiger partial charge in [0, 0.05) is 47.4 Å². The second kappa shape index (κ2) is 8.23. The highest BCUT2D eigenvalue weighted by Crippen LogP contribution is 2.38. The van der Waals surface area contributed by atoms with Crippen molar-refractivity contribution in [2.45, 2.75) is 32.1 Å². The molecule has 0 spiro atoms. The first-order valence-electron chi connectivity index (χ1n) is 11.7. The molecule has 2 heterocycles. The molecule has 0 saturated carbocycles. The smallest absolute Gasteiger partial charge is 0.0541 e. The first-order chi connectivity index (χ1) is 15.9.